The normalized spacial score (nSPS) is 11.5. The zero-order chi connectivity index (χ0) is 17.4. The Kier molecular flexibility index (Phi) is 6.87. The van der Waals surface area contributed by atoms with E-state index in [1.165, 1.54) is 11.8 Å². The van der Waals surface area contributed by atoms with Gasteiger partial charge in [0.05, 0.1) is 18.1 Å². The molecule has 0 saturated heterocycles. The third-order valence-electron chi connectivity index (χ3n) is 3.33. The molecule has 1 aromatic carbocycles. The molecule has 2 rings (SSSR count). The molecule has 1 heterocycles. The van der Waals surface area contributed by atoms with E-state index in [-0.39, 0.29) is 5.92 Å². The lowest BCUT2D eigenvalue weighted by Gasteiger charge is -2.09. The molecular weight excluding hydrogens is 342 g/mol. The van der Waals surface area contributed by atoms with E-state index in [1.807, 2.05) is 28.8 Å². The van der Waals surface area contributed by atoms with Gasteiger partial charge in [-0.2, -0.15) is 10.5 Å². The molecule has 122 valence electrons. The molecule has 0 amide bonds. The molecule has 0 bridgehead atoms. The lowest BCUT2D eigenvalue weighted by molar-refractivity contribution is 0.679. The number of halogens is 1. The molecule has 0 aliphatic rings. The third-order valence-corrected chi connectivity index (χ3v) is 4.71. The highest BCUT2D eigenvalue weighted by atomic mass is 35.5. The Bertz CT molecular complexity index is 770. The van der Waals surface area contributed by atoms with Gasteiger partial charge < -0.3 is 0 Å². The summed E-state index contributed by atoms with van der Waals surface area (Å²) in [4.78, 5) is 0. The first kappa shape index (κ1) is 18.1. The van der Waals surface area contributed by atoms with E-state index in [9.17, 15) is 0 Å². The molecule has 0 aliphatic carbocycles. The molecule has 2 aromatic rings. The van der Waals surface area contributed by atoms with Crippen molar-refractivity contribution in [2.45, 2.75) is 24.5 Å². The molecule has 1 aromatic heterocycles. The van der Waals surface area contributed by atoms with Crippen LogP contribution in [0.3, 0.4) is 0 Å². The highest BCUT2D eigenvalue weighted by Crippen LogP contribution is 2.27. The molecule has 5 nitrogen and oxygen atoms in total. The van der Waals surface area contributed by atoms with E-state index in [4.69, 9.17) is 22.1 Å². The fraction of sp³-hybridized carbons (Fsp3) is 0.294. The summed E-state index contributed by atoms with van der Waals surface area (Å²) in [5.41, 5.74) is 0.918. The summed E-state index contributed by atoms with van der Waals surface area (Å²) in [5, 5.41) is 27.7. The lowest BCUT2D eigenvalue weighted by atomic mass is 10.1. The van der Waals surface area contributed by atoms with Crippen LogP contribution in [0, 0.1) is 28.6 Å². The number of allylic oxidation sites excluding steroid dienone is 1. The van der Waals surface area contributed by atoms with Crippen LogP contribution in [0.15, 0.2) is 42.1 Å². The van der Waals surface area contributed by atoms with Crippen molar-refractivity contribution in [2.75, 3.05) is 5.75 Å². The first-order valence-corrected chi connectivity index (χ1v) is 8.75. The standard InChI is InChI=1S/C17H16ClN5S/c1-2-10-23-16(14-5-7-15(18)8-6-14)21-22-17(23)24-12-13(11-20)4-3-9-19/h2,5-8,13H,1,3-4,10,12H2/t13-/m1/s1. The number of aromatic nitrogens is 3. The minimum absolute atomic E-state index is 0.178. The zero-order valence-electron chi connectivity index (χ0n) is 13.0. The molecule has 0 saturated carbocycles. The van der Waals surface area contributed by atoms with Crippen LogP contribution >= 0.6 is 23.4 Å². The number of hydrogen-bond acceptors (Lipinski definition) is 5. The van der Waals surface area contributed by atoms with Gasteiger partial charge in [0, 0.05) is 29.3 Å². The molecule has 0 radical (unpaired) electrons. The van der Waals surface area contributed by atoms with Gasteiger partial charge in [0.25, 0.3) is 0 Å². The van der Waals surface area contributed by atoms with Crippen LogP contribution in [0.4, 0.5) is 0 Å². The van der Waals surface area contributed by atoms with Gasteiger partial charge >= 0.3 is 0 Å². The number of rotatable bonds is 8. The van der Waals surface area contributed by atoms with E-state index < -0.39 is 0 Å². The summed E-state index contributed by atoms with van der Waals surface area (Å²) >= 11 is 7.40. The van der Waals surface area contributed by atoms with Gasteiger partial charge in [0.2, 0.25) is 0 Å². The molecule has 0 unspecified atom stereocenters. The smallest absolute Gasteiger partial charge is 0.191 e. The van der Waals surface area contributed by atoms with Crippen LogP contribution in [-0.4, -0.2) is 20.5 Å². The van der Waals surface area contributed by atoms with Gasteiger partial charge in [0.1, 0.15) is 0 Å². The van der Waals surface area contributed by atoms with Crippen molar-refractivity contribution in [3.05, 3.63) is 41.9 Å². The van der Waals surface area contributed by atoms with E-state index in [1.54, 1.807) is 6.08 Å². The van der Waals surface area contributed by atoms with Crippen molar-refractivity contribution < 1.29 is 0 Å². The summed E-state index contributed by atoms with van der Waals surface area (Å²) in [6.07, 6.45) is 2.73. The molecule has 7 heteroatoms. The summed E-state index contributed by atoms with van der Waals surface area (Å²) in [5.74, 6) is 1.13. The predicted molar refractivity (Wildman–Crippen MR) is 95.3 cm³/mol. The van der Waals surface area contributed by atoms with Crippen LogP contribution in [0.2, 0.25) is 5.02 Å². The number of benzene rings is 1. The Morgan fingerprint density at radius 2 is 2.04 bits per heavy atom. The van der Waals surface area contributed by atoms with Crippen LogP contribution in [0.25, 0.3) is 11.4 Å². The van der Waals surface area contributed by atoms with E-state index in [0.717, 1.165) is 16.5 Å². The zero-order valence-corrected chi connectivity index (χ0v) is 14.6. The molecule has 0 aliphatic heterocycles. The van der Waals surface area contributed by atoms with Gasteiger partial charge in [-0.1, -0.05) is 29.4 Å². The van der Waals surface area contributed by atoms with E-state index in [0.29, 0.717) is 30.2 Å². The topological polar surface area (TPSA) is 78.3 Å². The van der Waals surface area contributed by atoms with Crippen LogP contribution in [0.5, 0.6) is 0 Å². The SMILES string of the molecule is C=CCn1c(SC[C@@H](C#N)CCC#N)nnc1-c1ccc(Cl)cc1. The Labute approximate surface area is 150 Å². The Morgan fingerprint density at radius 3 is 2.67 bits per heavy atom. The largest absolute Gasteiger partial charge is 0.298 e. The average molecular weight is 358 g/mol. The predicted octanol–water partition coefficient (Wildman–Crippen LogP) is 4.32. The maximum atomic E-state index is 9.17. The van der Waals surface area contributed by atoms with E-state index >= 15 is 0 Å². The quantitative estimate of drug-likeness (QED) is 0.519. The van der Waals surface area contributed by atoms with Crippen molar-refractivity contribution in [3.63, 3.8) is 0 Å². The Morgan fingerprint density at radius 1 is 1.29 bits per heavy atom. The van der Waals surface area contributed by atoms with Gasteiger partial charge in [-0.25, -0.2) is 0 Å². The fourth-order valence-corrected chi connectivity index (χ4v) is 3.23. The third kappa shape index (κ3) is 4.61. The lowest BCUT2D eigenvalue weighted by Crippen LogP contribution is -2.04. The summed E-state index contributed by atoms with van der Waals surface area (Å²) < 4.78 is 1.96. The second kappa shape index (κ2) is 9.12. The molecule has 24 heavy (non-hydrogen) atoms. The second-order valence-corrected chi connectivity index (χ2v) is 6.47. The minimum Gasteiger partial charge on any atom is -0.298 e. The van der Waals surface area contributed by atoms with Crippen LogP contribution in [0.1, 0.15) is 12.8 Å². The summed E-state index contributed by atoms with van der Waals surface area (Å²) in [7, 11) is 0. The van der Waals surface area contributed by atoms with Crippen LogP contribution in [-0.2, 0) is 6.54 Å². The maximum Gasteiger partial charge on any atom is 0.191 e. The molecular formula is C17H16ClN5S. The minimum atomic E-state index is -0.178. The monoisotopic (exact) mass is 357 g/mol. The summed E-state index contributed by atoms with van der Waals surface area (Å²) in [6.45, 7) is 4.35. The average Bonchev–Trinajstić information content (AvgIpc) is 2.99. The number of thioether (sulfide) groups is 1. The van der Waals surface area contributed by atoms with Gasteiger partial charge in [-0.15, -0.1) is 16.8 Å². The molecule has 0 N–H and O–H groups in total. The molecule has 1 atom stereocenters. The van der Waals surface area contributed by atoms with Crippen molar-refractivity contribution in [1.29, 1.82) is 10.5 Å². The van der Waals surface area contributed by atoms with Crippen LogP contribution < -0.4 is 0 Å². The molecule has 0 spiro atoms. The first-order valence-electron chi connectivity index (χ1n) is 7.39. The van der Waals surface area contributed by atoms with Gasteiger partial charge in [0.15, 0.2) is 11.0 Å². The van der Waals surface area contributed by atoms with Crippen molar-refractivity contribution >= 4 is 23.4 Å². The number of nitrogens with zero attached hydrogens (tertiary/aromatic N) is 5. The molecule has 0 fully saturated rings. The second-order valence-electron chi connectivity index (χ2n) is 5.05. The Balaban J connectivity index is 2.19. The highest BCUT2D eigenvalue weighted by molar-refractivity contribution is 7.99. The number of hydrogen-bond donors (Lipinski definition) is 0. The first-order chi connectivity index (χ1) is 11.7. The highest BCUT2D eigenvalue weighted by Gasteiger charge is 2.16. The van der Waals surface area contributed by atoms with Crippen molar-refractivity contribution in [2.24, 2.45) is 5.92 Å². The van der Waals surface area contributed by atoms with Gasteiger partial charge in [-0.3, -0.25) is 4.57 Å². The van der Waals surface area contributed by atoms with Gasteiger partial charge in [-0.05, 0) is 30.7 Å². The van der Waals surface area contributed by atoms with Crippen molar-refractivity contribution in [1.82, 2.24) is 14.8 Å². The summed E-state index contributed by atoms with van der Waals surface area (Å²) in [6, 6.07) is 11.7. The maximum absolute atomic E-state index is 9.17. The van der Waals surface area contributed by atoms with Crippen molar-refractivity contribution in [3.8, 4) is 23.5 Å². The number of nitriles is 2. The Hall–Kier alpha value is -2.28. The fourth-order valence-electron chi connectivity index (χ4n) is 2.10. The van der Waals surface area contributed by atoms with E-state index in [2.05, 4.69) is 28.9 Å².